The number of carboxylic acids is 2. The maximum absolute atomic E-state index is 10.4. The molecule has 4 nitrogen and oxygen atoms in total. The molecule has 0 aliphatic carbocycles. The van der Waals surface area contributed by atoms with Crippen molar-refractivity contribution in [1.82, 2.24) is 0 Å². The summed E-state index contributed by atoms with van der Waals surface area (Å²) in [7, 11) is 0. The van der Waals surface area contributed by atoms with E-state index in [1.807, 2.05) is 0 Å². The van der Waals surface area contributed by atoms with Gasteiger partial charge in [0.05, 0.1) is 0 Å². The molecule has 0 bridgehead atoms. The van der Waals surface area contributed by atoms with Gasteiger partial charge >= 0.3 is 11.9 Å². The summed E-state index contributed by atoms with van der Waals surface area (Å²) in [4.78, 5) is 20.6. The number of rotatable bonds is 17. The molecule has 0 saturated heterocycles. The van der Waals surface area contributed by atoms with Gasteiger partial charge in [-0.2, -0.15) is 0 Å². The van der Waals surface area contributed by atoms with Crippen LogP contribution in [-0.4, -0.2) is 22.2 Å². The fourth-order valence-corrected chi connectivity index (χ4v) is 2.93. The predicted octanol–water partition coefficient (Wildman–Crippen LogP) is 5.79. The lowest BCUT2D eigenvalue weighted by molar-refractivity contribution is -0.137. The van der Waals surface area contributed by atoms with Gasteiger partial charge in [0.15, 0.2) is 0 Å². The number of unbranched alkanes of at least 4 members (excludes halogenated alkanes) is 15. The van der Waals surface area contributed by atoms with Gasteiger partial charge in [0.1, 0.15) is 0 Å². The number of aliphatic carboxylic acids is 2. The fraction of sp³-hybridized carbons (Fsp3) is 0.810. The molecule has 0 fully saturated rings. The first kappa shape index (κ1) is 23.5. The molecule has 0 radical (unpaired) electrons. The zero-order chi connectivity index (χ0) is 18.6. The highest BCUT2D eigenvalue weighted by atomic mass is 16.4. The van der Waals surface area contributed by atoms with Gasteiger partial charge in [-0.1, -0.05) is 89.4 Å². The van der Waals surface area contributed by atoms with Crippen LogP contribution in [0.3, 0.4) is 0 Å². The van der Waals surface area contributed by atoms with Crippen LogP contribution in [0.15, 0.2) is 0 Å². The van der Waals surface area contributed by atoms with E-state index in [-0.39, 0.29) is 0 Å². The van der Waals surface area contributed by atoms with Gasteiger partial charge < -0.3 is 10.2 Å². The molecular formula is C21H36O4. The van der Waals surface area contributed by atoms with Crippen molar-refractivity contribution in [3.63, 3.8) is 0 Å². The molecule has 0 rings (SSSR count). The van der Waals surface area contributed by atoms with Crippen LogP contribution in [0.25, 0.3) is 0 Å². The molecule has 2 N–H and O–H groups in total. The summed E-state index contributed by atoms with van der Waals surface area (Å²) in [5.74, 6) is 3.11. The second kappa shape index (κ2) is 18.8. The molecule has 144 valence electrons. The van der Waals surface area contributed by atoms with E-state index < -0.39 is 11.9 Å². The van der Waals surface area contributed by atoms with Crippen molar-refractivity contribution in [2.24, 2.45) is 0 Å². The molecule has 0 unspecified atom stereocenters. The van der Waals surface area contributed by atoms with E-state index in [1.54, 1.807) is 0 Å². The Morgan fingerprint density at radius 1 is 0.560 bits per heavy atom. The van der Waals surface area contributed by atoms with Crippen molar-refractivity contribution in [2.45, 2.75) is 109 Å². The largest absolute Gasteiger partial charge is 0.481 e. The van der Waals surface area contributed by atoms with Crippen molar-refractivity contribution >= 4 is 11.9 Å². The predicted molar refractivity (Wildman–Crippen MR) is 102 cm³/mol. The van der Waals surface area contributed by atoms with Crippen LogP contribution >= 0.6 is 0 Å². The number of carbonyl (C=O) groups is 2. The Morgan fingerprint density at radius 2 is 0.920 bits per heavy atom. The van der Waals surface area contributed by atoms with Gasteiger partial charge in [-0.25, -0.2) is 4.79 Å². The maximum Gasteiger partial charge on any atom is 0.381 e. The van der Waals surface area contributed by atoms with Crippen LogP contribution in [0.2, 0.25) is 0 Å². The standard InChI is InChI=1S/C21H36O4/c22-20(23)18-16-14-12-10-8-6-4-2-1-3-5-7-9-11-13-15-17-19-21(24)25/h1-16,18H2,(H,22,23)(H,24,25). The molecule has 0 aromatic heterocycles. The summed E-state index contributed by atoms with van der Waals surface area (Å²) in [6, 6.07) is 0. The average molecular weight is 353 g/mol. The van der Waals surface area contributed by atoms with E-state index in [4.69, 9.17) is 10.2 Å². The van der Waals surface area contributed by atoms with E-state index in [9.17, 15) is 9.59 Å². The number of hydrogen-bond donors (Lipinski definition) is 2. The molecule has 0 aliphatic heterocycles. The SMILES string of the molecule is O=C(O)C#CCCCCCCCCCCCCCCCCCC(=O)O. The van der Waals surface area contributed by atoms with Crippen molar-refractivity contribution in [2.75, 3.05) is 0 Å². The van der Waals surface area contributed by atoms with E-state index in [1.165, 1.54) is 70.6 Å². The Balaban J connectivity index is 3.06. The Kier molecular flexibility index (Phi) is 17.7. The fourth-order valence-electron chi connectivity index (χ4n) is 2.93. The summed E-state index contributed by atoms with van der Waals surface area (Å²) in [5, 5.41) is 16.9. The molecule has 0 aromatic rings. The maximum atomic E-state index is 10.4. The van der Waals surface area contributed by atoms with Crippen LogP contribution in [0.1, 0.15) is 109 Å². The third-order valence-electron chi connectivity index (χ3n) is 4.39. The quantitative estimate of drug-likeness (QED) is 0.256. The first-order valence-electron chi connectivity index (χ1n) is 10.1. The molecule has 0 aliphatic rings. The summed E-state index contributed by atoms with van der Waals surface area (Å²) in [6.45, 7) is 0. The second-order valence-electron chi connectivity index (χ2n) is 6.80. The second-order valence-corrected chi connectivity index (χ2v) is 6.80. The van der Waals surface area contributed by atoms with Crippen LogP contribution in [-0.2, 0) is 9.59 Å². The molecule has 0 aromatic carbocycles. The lowest BCUT2D eigenvalue weighted by atomic mass is 10.0. The van der Waals surface area contributed by atoms with Gasteiger partial charge in [0.25, 0.3) is 0 Å². The van der Waals surface area contributed by atoms with E-state index in [0.29, 0.717) is 12.8 Å². The minimum Gasteiger partial charge on any atom is -0.481 e. The number of hydrogen-bond acceptors (Lipinski definition) is 2. The Labute approximate surface area is 153 Å². The van der Waals surface area contributed by atoms with E-state index >= 15 is 0 Å². The minimum absolute atomic E-state index is 0.318. The smallest absolute Gasteiger partial charge is 0.381 e. The normalized spacial score (nSPS) is 10.2. The van der Waals surface area contributed by atoms with Gasteiger partial charge in [0.2, 0.25) is 0 Å². The third-order valence-corrected chi connectivity index (χ3v) is 4.39. The molecule has 25 heavy (non-hydrogen) atoms. The average Bonchev–Trinajstić information content (AvgIpc) is 2.56. The third kappa shape index (κ3) is 22.5. The molecule has 0 saturated carbocycles. The summed E-state index contributed by atoms with van der Waals surface area (Å²) in [5.41, 5.74) is 0. The molecule has 0 spiro atoms. The highest BCUT2D eigenvalue weighted by Gasteiger charge is 1.97. The first-order chi connectivity index (χ1) is 12.1. The van der Waals surface area contributed by atoms with Crippen molar-refractivity contribution in [3.8, 4) is 11.8 Å². The minimum atomic E-state index is -1.03. The lowest BCUT2D eigenvalue weighted by Gasteiger charge is -2.03. The topological polar surface area (TPSA) is 74.6 Å². The van der Waals surface area contributed by atoms with E-state index in [2.05, 4.69) is 11.8 Å². The van der Waals surface area contributed by atoms with Crippen LogP contribution < -0.4 is 0 Å². The Bertz CT molecular complexity index is 392. The van der Waals surface area contributed by atoms with Gasteiger partial charge in [0, 0.05) is 18.8 Å². The van der Waals surface area contributed by atoms with Gasteiger partial charge in [-0.15, -0.1) is 0 Å². The molecule has 0 atom stereocenters. The highest BCUT2D eigenvalue weighted by Crippen LogP contribution is 2.13. The summed E-state index contributed by atoms with van der Waals surface area (Å²) in [6.07, 6.45) is 19.2. The Hall–Kier alpha value is -1.50. The van der Waals surface area contributed by atoms with E-state index in [0.717, 1.165) is 25.7 Å². The van der Waals surface area contributed by atoms with Crippen LogP contribution in [0, 0.1) is 11.8 Å². The Morgan fingerprint density at radius 3 is 1.28 bits per heavy atom. The lowest BCUT2D eigenvalue weighted by Crippen LogP contribution is -1.93. The molecule has 4 heteroatoms. The van der Waals surface area contributed by atoms with Crippen molar-refractivity contribution < 1.29 is 19.8 Å². The molecule has 0 amide bonds. The van der Waals surface area contributed by atoms with Crippen LogP contribution in [0.5, 0.6) is 0 Å². The van der Waals surface area contributed by atoms with Gasteiger partial charge in [-0.05, 0) is 12.8 Å². The van der Waals surface area contributed by atoms with Gasteiger partial charge in [-0.3, -0.25) is 4.79 Å². The monoisotopic (exact) mass is 352 g/mol. The first-order valence-corrected chi connectivity index (χ1v) is 10.1. The zero-order valence-electron chi connectivity index (χ0n) is 15.7. The molecule has 0 heterocycles. The highest BCUT2D eigenvalue weighted by molar-refractivity contribution is 5.86. The number of carboxylic acid groups (broad SMARTS) is 2. The molecular weight excluding hydrogens is 316 g/mol. The summed E-state index contributed by atoms with van der Waals surface area (Å²) < 4.78 is 0. The van der Waals surface area contributed by atoms with Crippen LogP contribution in [0.4, 0.5) is 0 Å². The van der Waals surface area contributed by atoms with Crippen molar-refractivity contribution in [3.05, 3.63) is 0 Å². The van der Waals surface area contributed by atoms with Crippen molar-refractivity contribution in [1.29, 1.82) is 0 Å². The summed E-state index contributed by atoms with van der Waals surface area (Å²) >= 11 is 0. The zero-order valence-corrected chi connectivity index (χ0v) is 15.7.